The topological polar surface area (TPSA) is 58.6 Å². The lowest BCUT2D eigenvalue weighted by Gasteiger charge is -2.16. The van der Waals surface area contributed by atoms with E-state index >= 15 is 0 Å². The molecular formula is C16H17BrF3N2O3PS. The van der Waals surface area contributed by atoms with Crippen LogP contribution in [0.2, 0.25) is 0 Å². The highest BCUT2D eigenvalue weighted by molar-refractivity contribution is 9.10. The normalized spacial score (nSPS) is 12.3. The Labute approximate surface area is 166 Å². The van der Waals surface area contributed by atoms with E-state index in [0.29, 0.717) is 16.7 Å². The summed E-state index contributed by atoms with van der Waals surface area (Å²) in [5.41, 5.74) is 1.38. The Balaban J connectivity index is 2.06. The molecule has 1 unspecified atom stereocenters. The Bertz CT molecular complexity index is 893. The molecule has 1 atom stereocenters. The van der Waals surface area contributed by atoms with Gasteiger partial charge in [0.15, 0.2) is 0 Å². The molecule has 148 valence electrons. The first kappa shape index (κ1) is 21.9. The summed E-state index contributed by atoms with van der Waals surface area (Å²) in [7, 11) is 0.263. The summed E-state index contributed by atoms with van der Waals surface area (Å²) in [6.07, 6.45) is -4.45. The van der Waals surface area contributed by atoms with Gasteiger partial charge < -0.3 is 10.1 Å². The molecule has 5 nitrogen and oxygen atoms in total. The lowest BCUT2D eigenvalue weighted by Crippen LogP contribution is -2.25. The molecule has 0 radical (unpaired) electrons. The molecular weight excluding hydrogens is 468 g/mol. The van der Waals surface area contributed by atoms with Gasteiger partial charge in [0.05, 0.1) is 4.90 Å². The Morgan fingerprint density at radius 1 is 1.19 bits per heavy atom. The molecule has 2 aromatic carbocycles. The largest absolute Gasteiger partial charge is 0.573 e. The van der Waals surface area contributed by atoms with Crippen LogP contribution in [0.3, 0.4) is 0 Å². The van der Waals surface area contributed by atoms with Crippen molar-refractivity contribution in [3.8, 4) is 5.75 Å². The van der Waals surface area contributed by atoms with Gasteiger partial charge in [-0.15, -0.1) is 22.4 Å². The van der Waals surface area contributed by atoms with E-state index in [1.165, 1.54) is 47.8 Å². The standard InChI is InChI=1S/C16H17BrF3N2O3PS/c1-22(10-26)27(23,24)13-6-7-15(14(17)8-13)21-9-11-2-4-12(5-3-11)25-16(18,19)20/h2-8,21H,9-10,26H2,1H3. The number of hydrogen-bond acceptors (Lipinski definition) is 4. The first-order chi connectivity index (χ1) is 12.5. The fourth-order valence-electron chi connectivity index (χ4n) is 2.08. The highest BCUT2D eigenvalue weighted by Crippen LogP contribution is 2.28. The first-order valence-corrected chi connectivity index (χ1v) is 10.6. The minimum atomic E-state index is -4.72. The molecule has 1 N–H and O–H groups in total. The molecule has 0 bridgehead atoms. The monoisotopic (exact) mass is 484 g/mol. The third kappa shape index (κ3) is 6.07. The van der Waals surface area contributed by atoms with E-state index in [1.54, 1.807) is 6.07 Å². The van der Waals surface area contributed by atoms with Crippen molar-refractivity contribution in [1.29, 1.82) is 0 Å². The van der Waals surface area contributed by atoms with Crippen LogP contribution in [-0.2, 0) is 16.6 Å². The Hall–Kier alpha value is -1.35. The van der Waals surface area contributed by atoms with Gasteiger partial charge in [-0.2, -0.15) is 4.31 Å². The molecule has 27 heavy (non-hydrogen) atoms. The van der Waals surface area contributed by atoms with E-state index in [4.69, 9.17) is 0 Å². The zero-order chi connectivity index (χ0) is 20.2. The van der Waals surface area contributed by atoms with Crippen molar-refractivity contribution in [1.82, 2.24) is 4.31 Å². The van der Waals surface area contributed by atoms with Crippen molar-refractivity contribution in [2.75, 3.05) is 18.7 Å². The van der Waals surface area contributed by atoms with Crippen molar-refractivity contribution in [3.05, 3.63) is 52.5 Å². The third-order valence-corrected chi connectivity index (χ3v) is 6.83. The van der Waals surface area contributed by atoms with Gasteiger partial charge in [-0.25, -0.2) is 8.42 Å². The number of ether oxygens (including phenoxy) is 1. The Kier molecular flexibility index (Phi) is 7.13. The first-order valence-electron chi connectivity index (χ1n) is 7.57. The van der Waals surface area contributed by atoms with E-state index in [9.17, 15) is 21.6 Å². The summed E-state index contributed by atoms with van der Waals surface area (Å²) in [6.45, 7) is 0.336. The minimum Gasteiger partial charge on any atom is -0.406 e. The quantitative estimate of drug-likeness (QED) is 0.591. The summed E-state index contributed by atoms with van der Waals surface area (Å²) in [5.74, 6) is -0.291. The molecule has 2 aromatic rings. The van der Waals surface area contributed by atoms with Crippen LogP contribution >= 0.6 is 25.2 Å². The number of nitrogens with one attached hydrogen (secondary N) is 1. The van der Waals surface area contributed by atoms with Crippen LogP contribution in [0.4, 0.5) is 18.9 Å². The zero-order valence-corrected chi connectivity index (χ0v) is 17.7. The van der Waals surface area contributed by atoms with Gasteiger partial charge in [0, 0.05) is 30.0 Å². The van der Waals surface area contributed by atoms with Gasteiger partial charge >= 0.3 is 6.36 Å². The molecule has 2 rings (SSSR count). The molecule has 0 aliphatic carbocycles. The summed E-state index contributed by atoms with van der Waals surface area (Å²) in [6, 6.07) is 10.1. The van der Waals surface area contributed by atoms with Crippen LogP contribution in [0.5, 0.6) is 5.75 Å². The second-order valence-electron chi connectivity index (χ2n) is 5.47. The van der Waals surface area contributed by atoms with Gasteiger partial charge in [-0.05, 0) is 51.8 Å². The van der Waals surface area contributed by atoms with Gasteiger partial charge in [-0.1, -0.05) is 12.1 Å². The fraction of sp³-hybridized carbons (Fsp3) is 0.250. The smallest absolute Gasteiger partial charge is 0.406 e. The van der Waals surface area contributed by atoms with Crippen LogP contribution in [0, 0.1) is 0 Å². The summed E-state index contributed by atoms with van der Waals surface area (Å²) in [5, 5.41) is 3.10. The average Bonchev–Trinajstić information content (AvgIpc) is 2.59. The predicted octanol–water partition coefficient (Wildman–Crippen LogP) is 4.41. The highest BCUT2D eigenvalue weighted by Gasteiger charge is 2.30. The Morgan fingerprint density at radius 2 is 1.81 bits per heavy atom. The number of anilines is 1. The molecule has 0 saturated carbocycles. The van der Waals surface area contributed by atoms with E-state index in [0.717, 1.165) is 5.56 Å². The number of sulfonamides is 1. The third-order valence-electron chi connectivity index (χ3n) is 3.55. The molecule has 0 fully saturated rings. The average molecular weight is 485 g/mol. The van der Waals surface area contributed by atoms with Gasteiger partial charge in [0.2, 0.25) is 10.0 Å². The second kappa shape index (κ2) is 8.77. The van der Waals surface area contributed by atoms with Crippen molar-refractivity contribution >= 4 is 40.9 Å². The highest BCUT2D eigenvalue weighted by atomic mass is 79.9. The van der Waals surface area contributed by atoms with Gasteiger partial charge in [0.1, 0.15) is 5.75 Å². The van der Waals surface area contributed by atoms with Crippen molar-refractivity contribution < 1.29 is 26.3 Å². The number of halogens is 4. The lowest BCUT2D eigenvalue weighted by molar-refractivity contribution is -0.274. The molecule has 0 heterocycles. The second-order valence-corrected chi connectivity index (χ2v) is 8.74. The molecule has 0 aliphatic heterocycles. The maximum absolute atomic E-state index is 12.3. The summed E-state index contributed by atoms with van der Waals surface area (Å²) < 4.78 is 66.7. The maximum atomic E-state index is 12.3. The van der Waals surface area contributed by atoms with E-state index in [2.05, 4.69) is 35.2 Å². The molecule has 0 saturated heterocycles. The summed E-state index contributed by atoms with van der Waals surface area (Å²) >= 11 is 3.33. The lowest BCUT2D eigenvalue weighted by atomic mass is 10.2. The number of alkyl halides is 3. The number of benzene rings is 2. The predicted molar refractivity (Wildman–Crippen MR) is 104 cm³/mol. The molecule has 0 aromatic heterocycles. The van der Waals surface area contributed by atoms with Gasteiger partial charge in [0.25, 0.3) is 0 Å². The molecule has 0 amide bonds. The van der Waals surface area contributed by atoms with E-state index < -0.39 is 16.4 Å². The zero-order valence-electron chi connectivity index (χ0n) is 14.1. The summed E-state index contributed by atoms with van der Waals surface area (Å²) in [4.78, 5) is 0.151. The minimum absolute atomic E-state index is 0.151. The maximum Gasteiger partial charge on any atom is 0.573 e. The SMILES string of the molecule is CN(CP)S(=O)(=O)c1ccc(NCc2ccc(OC(F)(F)F)cc2)c(Br)c1. The van der Waals surface area contributed by atoms with Crippen molar-refractivity contribution in [3.63, 3.8) is 0 Å². The van der Waals surface area contributed by atoms with Crippen LogP contribution in [0.15, 0.2) is 51.8 Å². The molecule has 0 aliphatic rings. The number of nitrogens with zero attached hydrogens (tertiary/aromatic N) is 1. The molecule has 11 heteroatoms. The van der Waals surface area contributed by atoms with Crippen LogP contribution < -0.4 is 10.1 Å². The van der Waals surface area contributed by atoms with E-state index in [-0.39, 0.29) is 16.9 Å². The molecule has 0 spiro atoms. The van der Waals surface area contributed by atoms with Crippen LogP contribution in [0.1, 0.15) is 5.56 Å². The fourth-order valence-corrected chi connectivity index (χ4v) is 4.41. The Morgan fingerprint density at radius 3 is 2.33 bits per heavy atom. The van der Waals surface area contributed by atoms with E-state index in [1.807, 2.05) is 0 Å². The number of hydrogen-bond donors (Lipinski definition) is 1. The number of rotatable bonds is 7. The van der Waals surface area contributed by atoms with Crippen LogP contribution in [-0.4, -0.2) is 32.4 Å². The van der Waals surface area contributed by atoms with Crippen molar-refractivity contribution in [2.24, 2.45) is 0 Å². The van der Waals surface area contributed by atoms with Gasteiger partial charge in [-0.3, -0.25) is 0 Å². The van der Waals surface area contributed by atoms with Crippen molar-refractivity contribution in [2.45, 2.75) is 17.8 Å². The van der Waals surface area contributed by atoms with Crippen LogP contribution in [0.25, 0.3) is 0 Å².